The van der Waals surface area contributed by atoms with Gasteiger partial charge >= 0.3 is 6.18 Å². The van der Waals surface area contributed by atoms with Gasteiger partial charge in [0.1, 0.15) is 11.3 Å². The normalized spacial score (nSPS) is 15.8. The lowest BCUT2D eigenvalue weighted by molar-refractivity contribution is -0.138. The zero-order chi connectivity index (χ0) is 19.6. The Morgan fingerprint density at radius 2 is 2.00 bits per heavy atom. The molecule has 2 amide bonds. The van der Waals surface area contributed by atoms with Crippen molar-refractivity contribution in [2.45, 2.75) is 19.0 Å². The third kappa shape index (κ3) is 4.29. The van der Waals surface area contributed by atoms with Gasteiger partial charge in [-0.05, 0) is 18.8 Å². The van der Waals surface area contributed by atoms with Crippen LogP contribution in [0.4, 0.5) is 13.2 Å². The van der Waals surface area contributed by atoms with Gasteiger partial charge in [0, 0.05) is 32.9 Å². The Labute approximate surface area is 152 Å². The summed E-state index contributed by atoms with van der Waals surface area (Å²) in [6.07, 6.45) is 0.252. The molecule has 11 heteroatoms. The topological polar surface area (TPSA) is 95.9 Å². The minimum absolute atomic E-state index is 0.151. The molecule has 2 aromatic heterocycles. The fourth-order valence-electron chi connectivity index (χ4n) is 3.04. The minimum atomic E-state index is -4.63. The number of carbonyl (C=O) groups excluding carboxylic acids is 2. The van der Waals surface area contributed by atoms with E-state index in [1.165, 1.54) is 15.8 Å². The number of nitrogens with zero attached hydrogens (tertiary/aromatic N) is 4. The lowest BCUT2D eigenvalue weighted by Gasteiger charge is -2.32. The van der Waals surface area contributed by atoms with Gasteiger partial charge in [-0.2, -0.15) is 23.4 Å². The van der Waals surface area contributed by atoms with Crippen LogP contribution >= 0.6 is 0 Å². The number of alkyl halides is 3. The van der Waals surface area contributed by atoms with E-state index in [0.29, 0.717) is 44.2 Å². The Balaban J connectivity index is 1.51. The number of piperidine rings is 1. The summed E-state index contributed by atoms with van der Waals surface area (Å²) in [5.74, 6) is -0.787. The van der Waals surface area contributed by atoms with Crippen molar-refractivity contribution in [3.05, 3.63) is 35.4 Å². The number of amides is 2. The van der Waals surface area contributed by atoms with E-state index in [2.05, 4.69) is 20.6 Å². The number of halogens is 3. The second kappa shape index (κ2) is 7.41. The van der Waals surface area contributed by atoms with E-state index in [-0.39, 0.29) is 11.8 Å². The van der Waals surface area contributed by atoms with E-state index in [0.717, 1.165) is 0 Å². The molecule has 0 aliphatic carbocycles. The van der Waals surface area contributed by atoms with Gasteiger partial charge in [-0.25, -0.2) is 0 Å². The number of aromatic amines is 1. The molecule has 0 saturated carbocycles. The Kier molecular flexibility index (Phi) is 5.19. The molecule has 0 atom stereocenters. The van der Waals surface area contributed by atoms with Gasteiger partial charge in [0.2, 0.25) is 0 Å². The van der Waals surface area contributed by atoms with Crippen molar-refractivity contribution in [2.75, 3.05) is 19.6 Å². The molecular weight excluding hydrogens is 365 g/mol. The molecule has 8 nitrogen and oxygen atoms in total. The van der Waals surface area contributed by atoms with Crippen LogP contribution in [0.2, 0.25) is 0 Å². The van der Waals surface area contributed by atoms with Crippen molar-refractivity contribution < 1.29 is 22.8 Å². The van der Waals surface area contributed by atoms with Crippen molar-refractivity contribution in [1.82, 2.24) is 30.2 Å². The van der Waals surface area contributed by atoms with E-state index in [4.69, 9.17) is 0 Å². The molecule has 1 saturated heterocycles. The predicted octanol–water partition coefficient (Wildman–Crippen LogP) is 1.44. The third-order valence-electron chi connectivity index (χ3n) is 4.58. The Hall–Kier alpha value is -2.85. The number of hydrogen-bond acceptors (Lipinski definition) is 4. The molecule has 1 fully saturated rings. The van der Waals surface area contributed by atoms with Crippen LogP contribution in [0, 0.1) is 5.92 Å². The van der Waals surface area contributed by atoms with Gasteiger partial charge in [-0.3, -0.25) is 19.4 Å². The fraction of sp³-hybridized carbons (Fsp3) is 0.500. The van der Waals surface area contributed by atoms with Crippen LogP contribution in [0.25, 0.3) is 0 Å². The van der Waals surface area contributed by atoms with Crippen molar-refractivity contribution in [3.63, 3.8) is 0 Å². The summed E-state index contributed by atoms with van der Waals surface area (Å²) in [5.41, 5.74) is -1.13. The number of nitrogens with one attached hydrogen (secondary N) is 2. The first-order valence-electron chi connectivity index (χ1n) is 8.42. The minimum Gasteiger partial charge on any atom is -0.352 e. The van der Waals surface area contributed by atoms with Gasteiger partial charge in [0.15, 0.2) is 0 Å². The molecule has 0 radical (unpaired) electrons. The molecule has 2 N–H and O–H groups in total. The van der Waals surface area contributed by atoms with Crippen LogP contribution in [0.15, 0.2) is 18.6 Å². The Bertz CT molecular complexity index is 820. The van der Waals surface area contributed by atoms with Gasteiger partial charge in [-0.15, -0.1) is 0 Å². The van der Waals surface area contributed by atoms with Crippen LogP contribution in [0.5, 0.6) is 0 Å². The maximum atomic E-state index is 12.9. The van der Waals surface area contributed by atoms with Gasteiger partial charge < -0.3 is 10.2 Å². The first kappa shape index (κ1) is 18.9. The van der Waals surface area contributed by atoms with E-state index < -0.39 is 23.3 Å². The van der Waals surface area contributed by atoms with Gasteiger partial charge in [0.25, 0.3) is 11.8 Å². The summed E-state index contributed by atoms with van der Waals surface area (Å²) < 4.78 is 40.3. The number of carbonyl (C=O) groups is 2. The van der Waals surface area contributed by atoms with Crippen molar-refractivity contribution in [1.29, 1.82) is 0 Å². The monoisotopic (exact) mass is 384 g/mol. The third-order valence-corrected chi connectivity index (χ3v) is 4.58. The summed E-state index contributed by atoms with van der Waals surface area (Å²) in [6.45, 7) is 1.08. The van der Waals surface area contributed by atoms with E-state index in [9.17, 15) is 22.8 Å². The quantitative estimate of drug-likeness (QED) is 0.834. The average Bonchev–Trinajstić information content (AvgIpc) is 3.28. The van der Waals surface area contributed by atoms with E-state index >= 15 is 0 Å². The van der Waals surface area contributed by atoms with E-state index in [1.807, 2.05) is 0 Å². The Morgan fingerprint density at radius 1 is 1.30 bits per heavy atom. The molecule has 3 heterocycles. The number of aromatic nitrogens is 4. The van der Waals surface area contributed by atoms with Crippen LogP contribution in [0.3, 0.4) is 0 Å². The first-order chi connectivity index (χ1) is 12.8. The number of likely N-dealkylation sites (tertiary alicyclic amines) is 1. The summed E-state index contributed by atoms with van der Waals surface area (Å²) in [5, 5.41) is 12.3. The molecule has 0 spiro atoms. The highest BCUT2D eigenvalue weighted by atomic mass is 19.4. The van der Waals surface area contributed by atoms with Crippen molar-refractivity contribution in [2.24, 2.45) is 13.0 Å². The second-order valence-electron chi connectivity index (χ2n) is 6.50. The maximum Gasteiger partial charge on any atom is 0.420 e. The lowest BCUT2D eigenvalue weighted by Crippen LogP contribution is -2.42. The van der Waals surface area contributed by atoms with E-state index in [1.54, 1.807) is 13.2 Å². The zero-order valence-corrected chi connectivity index (χ0v) is 14.6. The highest BCUT2D eigenvalue weighted by Crippen LogP contribution is 2.31. The summed E-state index contributed by atoms with van der Waals surface area (Å²) in [6, 6.07) is 0. The number of hydrogen-bond donors (Lipinski definition) is 2. The smallest absolute Gasteiger partial charge is 0.352 e. The number of aryl methyl sites for hydroxylation is 1. The largest absolute Gasteiger partial charge is 0.420 e. The number of H-pyrrole nitrogens is 1. The average molecular weight is 384 g/mol. The molecule has 3 rings (SSSR count). The summed E-state index contributed by atoms with van der Waals surface area (Å²) in [7, 11) is 1.72. The molecule has 0 aromatic carbocycles. The van der Waals surface area contributed by atoms with Crippen molar-refractivity contribution in [3.8, 4) is 0 Å². The van der Waals surface area contributed by atoms with Crippen LogP contribution in [0.1, 0.15) is 39.3 Å². The molecule has 0 bridgehead atoms. The predicted molar refractivity (Wildman–Crippen MR) is 87.8 cm³/mol. The molecule has 2 aromatic rings. The molecule has 1 aliphatic rings. The molecular formula is C16H19F3N6O2. The molecule has 1 aliphatic heterocycles. The fourth-order valence-corrected chi connectivity index (χ4v) is 3.04. The van der Waals surface area contributed by atoms with Crippen LogP contribution in [-0.2, 0) is 13.2 Å². The number of rotatable bonds is 4. The zero-order valence-electron chi connectivity index (χ0n) is 14.6. The molecule has 27 heavy (non-hydrogen) atoms. The molecule has 146 valence electrons. The summed E-state index contributed by atoms with van der Waals surface area (Å²) >= 11 is 0. The summed E-state index contributed by atoms with van der Waals surface area (Å²) in [4.78, 5) is 25.8. The maximum absolute atomic E-state index is 12.9. The highest BCUT2D eigenvalue weighted by molar-refractivity contribution is 5.94. The van der Waals surface area contributed by atoms with Crippen LogP contribution < -0.4 is 5.32 Å². The van der Waals surface area contributed by atoms with Crippen LogP contribution in [-0.4, -0.2) is 56.3 Å². The lowest BCUT2D eigenvalue weighted by atomic mass is 9.96. The van der Waals surface area contributed by atoms with Gasteiger partial charge in [-0.1, -0.05) is 0 Å². The standard InChI is InChI=1S/C16H19F3N6O2/c1-24-9-11(7-22-24)14(26)20-6-10-2-4-25(5-3-10)15(27)13-12(8-21-23-13)16(17,18)19/h7-10H,2-6H2,1H3,(H,20,26)(H,21,23). The Morgan fingerprint density at radius 3 is 2.59 bits per heavy atom. The van der Waals surface area contributed by atoms with Gasteiger partial charge in [0.05, 0.1) is 18.0 Å². The SMILES string of the molecule is Cn1cc(C(=O)NCC2CCN(C(=O)c3[nH]ncc3C(F)(F)F)CC2)cn1. The molecule has 0 unspecified atom stereocenters. The highest BCUT2D eigenvalue weighted by Gasteiger charge is 2.38. The first-order valence-corrected chi connectivity index (χ1v) is 8.42. The van der Waals surface area contributed by atoms with Crippen molar-refractivity contribution >= 4 is 11.8 Å². The second-order valence-corrected chi connectivity index (χ2v) is 6.50.